The van der Waals surface area contributed by atoms with E-state index >= 15 is 0 Å². The Bertz CT molecular complexity index is 376. The highest BCUT2D eigenvalue weighted by Gasteiger charge is 2.21. The molecule has 106 valence electrons. The molecule has 19 heavy (non-hydrogen) atoms. The number of hydrogen-bond donors (Lipinski definition) is 2. The lowest BCUT2D eigenvalue weighted by atomic mass is 9.95. The van der Waals surface area contributed by atoms with Gasteiger partial charge >= 0.3 is 0 Å². The standard InChI is InChI=1S/C16H25NO2/c1-4-14(10-13-8-6-5-7-9-13)16(19)17-15(11-18)12(2)3/h5-9,12,14-15,18H,4,10-11H2,1-3H3,(H,17,19)/t14-,15-/m1/s1. The molecule has 1 aromatic carbocycles. The maximum Gasteiger partial charge on any atom is 0.223 e. The summed E-state index contributed by atoms with van der Waals surface area (Å²) in [6.45, 7) is 6.01. The summed E-state index contributed by atoms with van der Waals surface area (Å²) in [5.41, 5.74) is 1.18. The number of amides is 1. The van der Waals surface area contributed by atoms with E-state index in [4.69, 9.17) is 0 Å². The molecule has 0 radical (unpaired) electrons. The third-order valence-corrected chi connectivity index (χ3v) is 3.52. The number of nitrogens with one attached hydrogen (secondary N) is 1. The molecule has 0 aliphatic rings. The average Bonchev–Trinajstić information content (AvgIpc) is 2.42. The molecule has 1 rings (SSSR count). The molecule has 0 bridgehead atoms. The molecule has 0 unspecified atom stereocenters. The molecule has 0 heterocycles. The maximum atomic E-state index is 12.2. The lowest BCUT2D eigenvalue weighted by Crippen LogP contribution is -2.44. The number of aliphatic hydroxyl groups is 1. The Balaban J connectivity index is 2.61. The van der Waals surface area contributed by atoms with Gasteiger partial charge in [0.1, 0.15) is 0 Å². The largest absolute Gasteiger partial charge is 0.394 e. The van der Waals surface area contributed by atoms with Crippen LogP contribution in [0.15, 0.2) is 30.3 Å². The van der Waals surface area contributed by atoms with Gasteiger partial charge in [0.05, 0.1) is 12.6 Å². The van der Waals surface area contributed by atoms with E-state index in [0.717, 1.165) is 12.8 Å². The molecule has 0 fully saturated rings. The molecule has 0 aromatic heterocycles. The third kappa shape index (κ3) is 5.03. The Hall–Kier alpha value is -1.35. The summed E-state index contributed by atoms with van der Waals surface area (Å²) in [4.78, 5) is 12.2. The van der Waals surface area contributed by atoms with Crippen molar-refractivity contribution in [3.8, 4) is 0 Å². The van der Waals surface area contributed by atoms with E-state index in [2.05, 4.69) is 5.32 Å². The molecule has 0 saturated carbocycles. The van der Waals surface area contributed by atoms with Crippen LogP contribution in [0.1, 0.15) is 32.8 Å². The third-order valence-electron chi connectivity index (χ3n) is 3.52. The van der Waals surface area contributed by atoms with Gasteiger partial charge in [-0.25, -0.2) is 0 Å². The minimum atomic E-state index is -0.155. The Kier molecular flexibility index (Phi) is 6.57. The normalized spacial score (nSPS) is 14.2. The fraction of sp³-hybridized carbons (Fsp3) is 0.562. The van der Waals surface area contributed by atoms with Crippen molar-refractivity contribution in [1.82, 2.24) is 5.32 Å². The first-order chi connectivity index (χ1) is 9.08. The van der Waals surface area contributed by atoms with E-state index < -0.39 is 0 Å². The van der Waals surface area contributed by atoms with Crippen molar-refractivity contribution in [3.05, 3.63) is 35.9 Å². The predicted molar refractivity (Wildman–Crippen MR) is 77.8 cm³/mol. The van der Waals surface area contributed by atoms with Crippen LogP contribution in [0.4, 0.5) is 0 Å². The number of rotatable bonds is 7. The molecule has 1 amide bonds. The Morgan fingerprint density at radius 3 is 2.37 bits per heavy atom. The lowest BCUT2D eigenvalue weighted by molar-refractivity contribution is -0.126. The van der Waals surface area contributed by atoms with Crippen LogP contribution in [0.3, 0.4) is 0 Å². The highest BCUT2D eigenvalue weighted by Crippen LogP contribution is 2.13. The van der Waals surface area contributed by atoms with Crippen LogP contribution in [0.2, 0.25) is 0 Å². The Labute approximate surface area is 116 Å². The van der Waals surface area contributed by atoms with E-state index in [9.17, 15) is 9.90 Å². The summed E-state index contributed by atoms with van der Waals surface area (Å²) in [6.07, 6.45) is 1.55. The zero-order valence-electron chi connectivity index (χ0n) is 12.1. The number of aliphatic hydroxyl groups excluding tert-OH is 1. The summed E-state index contributed by atoms with van der Waals surface area (Å²) in [5, 5.41) is 12.2. The van der Waals surface area contributed by atoms with Crippen LogP contribution in [0.5, 0.6) is 0 Å². The Morgan fingerprint density at radius 1 is 1.26 bits per heavy atom. The van der Waals surface area contributed by atoms with Crippen molar-refractivity contribution in [3.63, 3.8) is 0 Å². The minimum absolute atomic E-state index is 0.00875. The van der Waals surface area contributed by atoms with Gasteiger partial charge in [-0.1, -0.05) is 51.1 Å². The van der Waals surface area contributed by atoms with Crippen LogP contribution in [0, 0.1) is 11.8 Å². The molecule has 2 atom stereocenters. The molecule has 3 heteroatoms. The minimum Gasteiger partial charge on any atom is -0.394 e. The lowest BCUT2D eigenvalue weighted by Gasteiger charge is -2.23. The summed E-state index contributed by atoms with van der Waals surface area (Å²) in [5.74, 6) is 0.248. The van der Waals surface area contributed by atoms with Gasteiger partial charge in [0.15, 0.2) is 0 Å². The summed E-state index contributed by atoms with van der Waals surface area (Å²) < 4.78 is 0. The van der Waals surface area contributed by atoms with Gasteiger partial charge in [-0.15, -0.1) is 0 Å². The van der Waals surface area contributed by atoms with Crippen molar-refractivity contribution in [1.29, 1.82) is 0 Å². The van der Waals surface area contributed by atoms with Crippen LogP contribution in [0.25, 0.3) is 0 Å². The number of hydrogen-bond acceptors (Lipinski definition) is 2. The van der Waals surface area contributed by atoms with Gasteiger partial charge in [-0.2, -0.15) is 0 Å². The molecule has 0 spiro atoms. The highest BCUT2D eigenvalue weighted by atomic mass is 16.3. The van der Waals surface area contributed by atoms with E-state index in [-0.39, 0.29) is 30.4 Å². The molecule has 0 aliphatic carbocycles. The smallest absolute Gasteiger partial charge is 0.223 e. The van der Waals surface area contributed by atoms with Crippen molar-refractivity contribution in [2.75, 3.05) is 6.61 Å². The highest BCUT2D eigenvalue weighted by molar-refractivity contribution is 5.79. The molecule has 2 N–H and O–H groups in total. The van der Waals surface area contributed by atoms with E-state index in [0.29, 0.717) is 0 Å². The molecule has 1 aromatic rings. The molecule has 0 aliphatic heterocycles. The summed E-state index contributed by atoms with van der Waals surface area (Å²) in [6, 6.07) is 9.89. The van der Waals surface area contributed by atoms with Crippen LogP contribution in [-0.4, -0.2) is 23.7 Å². The van der Waals surface area contributed by atoms with Gasteiger partial charge < -0.3 is 10.4 Å². The fourth-order valence-electron chi connectivity index (χ4n) is 2.04. The van der Waals surface area contributed by atoms with Crippen LogP contribution < -0.4 is 5.32 Å². The van der Waals surface area contributed by atoms with E-state index in [1.54, 1.807) is 0 Å². The quantitative estimate of drug-likeness (QED) is 0.793. The van der Waals surface area contributed by atoms with Crippen molar-refractivity contribution in [2.45, 2.75) is 39.7 Å². The summed E-state index contributed by atoms with van der Waals surface area (Å²) in [7, 11) is 0. The van der Waals surface area contributed by atoms with Gasteiger partial charge in [-0.05, 0) is 24.3 Å². The first kappa shape index (κ1) is 15.7. The van der Waals surface area contributed by atoms with Gasteiger partial charge in [0.2, 0.25) is 5.91 Å². The molecular formula is C16H25NO2. The zero-order chi connectivity index (χ0) is 14.3. The summed E-state index contributed by atoms with van der Waals surface area (Å²) >= 11 is 0. The molecule has 0 saturated heterocycles. The van der Waals surface area contributed by atoms with Gasteiger partial charge in [0, 0.05) is 5.92 Å². The first-order valence-electron chi connectivity index (χ1n) is 7.03. The number of benzene rings is 1. The van der Waals surface area contributed by atoms with Gasteiger partial charge in [0.25, 0.3) is 0 Å². The van der Waals surface area contributed by atoms with Crippen molar-refractivity contribution >= 4 is 5.91 Å². The number of carbonyl (C=O) groups is 1. The van der Waals surface area contributed by atoms with Crippen LogP contribution in [-0.2, 0) is 11.2 Å². The Morgan fingerprint density at radius 2 is 1.89 bits per heavy atom. The second kappa shape index (κ2) is 7.95. The molecule has 3 nitrogen and oxygen atoms in total. The predicted octanol–water partition coefficient (Wildman–Crippen LogP) is 2.39. The SMILES string of the molecule is CC[C@H](Cc1ccccc1)C(=O)N[C@H](CO)C(C)C. The van der Waals surface area contributed by atoms with E-state index in [1.165, 1.54) is 5.56 Å². The van der Waals surface area contributed by atoms with Crippen LogP contribution >= 0.6 is 0 Å². The monoisotopic (exact) mass is 263 g/mol. The topological polar surface area (TPSA) is 49.3 Å². The van der Waals surface area contributed by atoms with Crippen molar-refractivity contribution in [2.24, 2.45) is 11.8 Å². The zero-order valence-corrected chi connectivity index (χ0v) is 12.1. The van der Waals surface area contributed by atoms with Gasteiger partial charge in [-0.3, -0.25) is 4.79 Å². The van der Waals surface area contributed by atoms with Crippen molar-refractivity contribution < 1.29 is 9.90 Å². The first-order valence-corrected chi connectivity index (χ1v) is 7.03. The fourth-order valence-corrected chi connectivity index (χ4v) is 2.04. The maximum absolute atomic E-state index is 12.2. The second-order valence-electron chi connectivity index (χ2n) is 5.34. The second-order valence-corrected chi connectivity index (χ2v) is 5.34. The van der Waals surface area contributed by atoms with E-state index in [1.807, 2.05) is 51.1 Å². The molecular weight excluding hydrogens is 238 g/mol. The number of carbonyl (C=O) groups excluding carboxylic acids is 1. The average molecular weight is 263 g/mol.